The Morgan fingerprint density at radius 1 is 1.22 bits per heavy atom. The summed E-state index contributed by atoms with van der Waals surface area (Å²) in [5.74, 6) is 0.933. The van der Waals surface area contributed by atoms with Gasteiger partial charge in [0.1, 0.15) is 0 Å². The Kier molecular flexibility index (Phi) is 5.80. The van der Waals surface area contributed by atoms with Gasteiger partial charge in [-0.1, -0.05) is 27.7 Å². The number of Topliss-reactive ketones (excluding diaryl/α,β-unsaturated/α-hetero) is 1. The molecule has 2 atom stereocenters. The van der Waals surface area contributed by atoms with Gasteiger partial charge in [0, 0.05) is 25.1 Å². The number of ketones is 1. The number of carbonyl (C=O) groups excluding carboxylic acids is 1. The minimum absolute atomic E-state index is 0.0382. The van der Waals surface area contributed by atoms with E-state index in [1.165, 1.54) is 0 Å². The van der Waals surface area contributed by atoms with Crippen LogP contribution in [0.25, 0.3) is 0 Å². The molecule has 1 aliphatic heterocycles. The summed E-state index contributed by atoms with van der Waals surface area (Å²) in [6.45, 7) is 14.3. The van der Waals surface area contributed by atoms with E-state index < -0.39 is 0 Å². The van der Waals surface area contributed by atoms with Crippen molar-refractivity contribution in [2.75, 3.05) is 13.2 Å². The Labute approximate surface area is 112 Å². The summed E-state index contributed by atoms with van der Waals surface area (Å²) in [5, 5.41) is 0. The lowest BCUT2D eigenvalue weighted by molar-refractivity contribution is -0.131. The molecular formula is C15H29NO2. The first-order chi connectivity index (χ1) is 8.34. The molecule has 18 heavy (non-hydrogen) atoms. The molecule has 0 radical (unpaired) electrons. The topological polar surface area (TPSA) is 29.5 Å². The maximum Gasteiger partial charge on any atom is 0.155 e. The lowest BCUT2D eigenvalue weighted by Gasteiger charge is -2.31. The fourth-order valence-corrected chi connectivity index (χ4v) is 2.54. The maximum absolute atomic E-state index is 12.4. The predicted molar refractivity (Wildman–Crippen MR) is 74.7 cm³/mol. The highest BCUT2D eigenvalue weighted by molar-refractivity contribution is 5.86. The minimum atomic E-state index is -0.0382. The van der Waals surface area contributed by atoms with E-state index in [2.05, 4.69) is 32.6 Å². The first kappa shape index (κ1) is 15.6. The molecular weight excluding hydrogens is 226 g/mol. The van der Waals surface area contributed by atoms with Gasteiger partial charge in [-0.05, 0) is 26.2 Å². The van der Waals surface area contributed by atoms with Crippen LogP contribution >= 0.6 is 0 Å². The quantitative estimate of drug-likeness (QED) is 0.731. The van der Waals surface area contributed by atoms with E-state index in [0.717, 1.165) is 19.6 Å². The molecule has 0 aromatic rings. The lowest BCUT2D eigenvalue weighted by Crippen LogP contribution is -2.47. The van der Waals surface area contributed by atoms with Crippen LogP contribution in [0.4, 0.5) is 0 Å². The van der Waals surface area contributed by atoms with Crippen LogP contribution in [-0.2, 0) is 9.53 Å². The van der Waals surface area contributed by atoms with Crippen molar-refractivity contribution in [3.05, 3.63) is 0 Å². The van der Waals surface area contributed by atoms with E-state index >= 15 is 0 Å². The number of likely N-dealkylation sites (tertiary alicyclic amines) is 1. The van der Waals surface area contributed by atoms with Crippen molar-refractivity contribution in [2.45, 2.75) is 66.2 Å². The van der Waals surface area contributed by atoms with E-state index in [4.69, 9.17) is 4.74 Å². The third-order valence-electron chi connectivity index (χ3n) is 3.55. The summed E-state index contributed by atoms with van der Waals surface area (Å²) in [6, 6.07) is 0.370. The van der Waals surface area contributed by atoms with Crippen LogP contribution in [0.3, 0.4) is 0 Å². The van der Waals surface area contributed by atoms with Crippen molar-refractivity contribution in [2.24, 2.45) is 11.8 Å². The highest BCUT2D eigenvalue weighted by atomic mass is 16.5. The van der Waals surface area contributed by atoms with E-state index in [9.17, 15) is 4.79 Å². The number of hydrogen-bond donors (Lipinski definition) is 0. The molecule has 1 rings (SSSR count). The average Bonchev–Trinajstić information content (AvgIpc) is 2.68. The molecule has 3 nitrogen and oxygen atoms in total. The molecule has 0 aliphatic carbocycles. The van der Waals surface area contributed by atoms with Crippen molar-refractivity contribution in [1.82, 2.24) is 4.90 Å². The van der Waals surface area contributed by atoms with Crippen molar-refractivity contribution < 1.29 is 9.53 Å². The Morgan fingerprint density at radius 2 is 1.83 bits per heavy atom. The number of nitrogens with zero attached hydrogens (tertiary/aromatic N) is 1. The highest BCUT2D eigenvalue weighted by Gasteiger charge is 2.41. The molecule has 0 aromatic heterocycles. The van der Waals surface area contributed by atoms with E-state index in [-0.39, 0.29) is 18.1 Å². The monoisotopic (exact) mass is 255 g/mol. The number of rotatable bonds is 6. The van der Waals surface area contributed by atoms with Gasteiger partial charge in [-0.3, -0.25) is 9.69 Å². The van der Waals surface area contributed by atoms with Gasteiger partial charge in [0.2, 0.25) is 0 Å². The number of ether oxygens (including phenoxy) is 1. The van der Waals surface area contributed by atoms with Crippen molar-refractivity contribution in [1.29, 1.82) is 0 Å². The molecule has 0 bridgehead atoms. The highest BCUT2D eigenvalue weighted by Crippen LogP contribution is 2.26. The van der Waals surface area contributed by atoms with Gasteiger partial charge in [-0.2, -0.15) is 0 Å². The molecule has 0 amide bonds. The molecule has 106 valence electrons. The average molecular weight is 255 g/mol. The van der Waals surface area contributed by atoms with Crippen LogP contribution in [0.1, 0.15) is 48.0 Å². The van der Waals surface area contributed by atoms with E-state index in [0.29, 0.717) is 17.7 Å². The fraction of sp³-hybridized carbons (Fsp3) is 0.933. The van der Waals surface area contributed by atoms with Gasteiger partial charge >= 0.3 is 0 Å². The number of hydrogen-bond acceptors (Lipinski definition) is 3. The van der Waals surface area contributed by atoms with Crippen molar-refractivity contribution >= 4 is 5.78 Å². The van der Waals surface area contributed by atoms with Gasteiger partial charge in [-0.25, -0.2) is 0 Å². The zero-order valence-corrected chi connectivity index (χ0v) is 12.8. The summed E-state index contributed by atoms with van der Waals surface area (Å²) in [5.41, 5.74) is 0. The Morgan fingerprint density at radius 3 is 2.28 bits per heavy atom. The van der Waals surface area contributed by atoms with E-state index in [1.807, 2.05) is 13.8 Å². The minimum Gasteiger partial charge on any atom is -0.376 e. The smallest absolute Gasteiger partial charge is 0.155 e. The van der Waals surface area contributed by atoms with Crippen LogP contribution in [0.2, 0.25) is 0 Å². The Balaban J connectivity index is 2.74. The van der Waals surface area contributed by atoms with E-state index in [1.54, 1.807) is 0 Å². The van der Waals surface area contributed by atoms with Crippen LogP contribution < -0.4 is 0 Å². The lowest BCUT2D eigenvalue weighted by atomic mass is 9.97. The van der Waals surface area contributed by atoms with Gasteiger partial charge < -0.3 is 4.74 Å². The fourth-order valence-electron chi connectivity index (χ4n) is 2.54. The molecule has 1 saturated heterocycles. The summed E-state index contributed by atoms with van der Waals surface area (Å²) in [6.07, 6.45) is 1.07. The molecule has 1 aliphatic rings. The molecule has 1 heterocycles. The van der Waals surface area contributed by atoms with Crippen molar-refractivity contribution in [3.8, 4) is 0 Å². The molecule has 0 aromatic carbocycles. The second-order valence-electron chi connectivity index (χ2n) is 6.39. The molecule has 2 unspecified atom stereocenters. The SMILES string of the molecule is CC(C)COC1CCN(C(C)C)C1C(=O)C(C)C. The Bertz CT molecular complexity index is 274. The second kappa shape index (κ2) is 6.67. The first-order valence-corrected chi connectivity index (χ1v) is 7.25. The predicted octanol–water partition coefficient (Wildman–Crippen LogP) is 2.74. The summed E-state index contributed by atoms with van der Waals surface area (Å²) < 4.78 is 5.97. The number of carbonyl (C=O) groups is 1. The van der Waals surface area contributed by atoms with Gasteiger partial charge in [0.15, 0.2) is 5.78 Å². The molecule has 1 fully saturated rings. The normalized spacial score (nSPS) is 25.6. The van der Waals surface area contributed by atoms with Crippen molar-refractivity contribution in [3.63, 3.8) is 0 Å². The van der Waals surface area contributed by atoms with Gasteiger partial charge in [0.05, 0.1) is 12.1 Å². The van der Waals surface area contributed by atoms with Gasteiger partial charge in [-0.15, -0.1) is 0 Å². The zero-order chi connectivity index (χ0) is 13.9. The molecule has 0 N–H and O–H groups in total. The zero-order valence-electron chi connectivity index (χ0n) is 12.8. The summed E-state index contributed by atoms with van der Waals surface area (Å²) in [7, 11) is 0. The van der Waals surface area contributed by atoms with Crippen LogP contribution in [0.15, 0.2) is 0 Å². The third kappa shape index (κ3) is 3.79. The summed E-state index contributed by atoms with van der Waals surface area (Å²) >= 11 is 0. The standard InChI is InChI=1S/C15H29NO2/c1-10(2)9-18-13-7-8-16(12(5)6)14(13)15(17)11(3)4/h10-14H,7-9H2,1-6H3. The largest absolute Gasteiger partial charge is 0.376 e. The summed E-state index contributed by atoms with van der Waals surface area (Å²) in [4.78, 5) is 14.7. The van der Waals surface area contributed by atoms with Crippen LogP contribution in [-0.4, -0.2) is 42.0 Å². The molecule has 0 saturated carbocycles. The van der Waals surface area contributed by atoms with Crippen LogP contribution in [0, 0.1) is 11.8 Å². The second-order valence-corrected chi connectivity index (χ2v) is 6.39. The first-order valence-electron chi connectivity index (χ1n) is 7.25. The molecule has 3 heteroatoms. The maximum atomic E-state index is 12.4. The Hall–Kier alpha value is -0.410. The van der Waals surface area contributed by atoms with Gasteiger partial charge in [0.25, 0.3) is 0 Å². The molecule has 0 spiro atoms. The third-order valence-corrected chi connectivity index (χ3v) is 3.55. The van der Waals surface area contributed by atoms with Crippen LogP contribution in [0.5, 0.6) is 0 Å².